The van der Waals surface area contributed by atoms with Crippen LogP contribution in [0.3, 0.4) is 0 Å². The average Bonchev–Trinajstić information content (AvgIpc) is 3.28. The summed E-state index contributed by atoms with van der Waals surface area (Å²) < 4.78 is 0. The van der Waals surface area contributed by atoms with Crippen LogP contribution < -0.4 is 16.0 Å². The summed E-state index contributed by atoms with van der Waals surface area (Å²) in [5.41, 5.74) is 0.586. The second-order valence-corrected chi connectivity index (χ2v) is 9.65. The van der Waals surface area contributed by atoms with Gasteiger partial charge in [-0.15, -0.1) is 0 Å². The number of halogens is 1. The van der Waals surface area contributed by atoms with E-state index in [1.807, 2.05) is 13.8 Å². The quantitative estimate of drug-likeness (QED) is 0.261. The van der Waals surface area contributed by atoms with Crippen molar-refractivity contribution in [1.29, 1.82) is 0 Å². The number of hydrogen-bond acceptors (Lipinski definition) is 6. The summed E-state index contributed by atoms with van der Waals surface area (Å²) in [4.78, 5) is 63.0. The van der Waals surface area contributed by atoms with E-state index in [0.717, 1.165) is 0 Å². The highest BCUT2D eigenvalue weighted by Gasteiger charge is 2.37. The number of aliphatic hydroxyl groups excluding tert-OH is 1. The van der Waals surface area contributed by atoms with Crippen LogP contribution in [0.2, 0.25) is 5.02 Å². The lowest BCUT2D eigenvalue weighted by Crippen LogP contribution is -2.54. The number of rotatable bonds is 11. The Morgan fingerprint density at radius 2 is 1.89 bits per heavy atom. The van der Waals surface area contributed by atoms with Gasteiger partial charge in [-0.25, -0.2) is 0 Å². The van der Waals surface area contributed by atoms with Crippen LogP contribution in [0.5, 0.6) is 0 Å². The van der Waals surface area contributed by atoms with Gasteiger partial charge < -0.3 is 30.8 Å². The van der Waals surface area contributed by atoms with Crippen LogP contribution >= 0.6 is 11.6 Å². The van der Waals surface area contributed by atoms with E-state index in [4.69, 9.17) is 11.6 Å². The number of amides is 4. The van der Waals surface area contributed by atoms with Crippen LogP contribution in [-0.4, -0.2) is 64.6 Å². The van der Waals surface area contributed by atoms with Crippen LogP contribution in [-0.2, 0) is 19.2 Å². The maximum atomic E-state index is 13.0. The molecule has 0 bridgehead atoms. The van der Waals surface area contributed by atoms with E-state index in [-0.39, 0.29) is 34.6 Å². The predicted octanol–water partition coefficient (Wildman–Crippen LogP) is 2.58. The summed E-state index contributed by atoms with van der Waals surface area (Å²) in [5, 5.41) is 17.3. The van der Waals surface area contributed by atoms with E-state index in [9.17, 15) is 29.1 Å². The molecule has 0 radical (unpaired) electrons. The van der Waals surface area contributed by atoms with Crippen molar-refractivity contribution in [2.75, 3.05) is 11.9 Å². The number of anilines is 1. The summed E-state index contributed by atoms with van der Waals surface area (Å²) in [6.07, 6.45) is 1.70. The molecule has 0 saturated carbocycles. The Bertz CT molecular complexity index is 1030. The molecule has 196 valence electrons. The molecule has 3 atom stereocenters. The lowest BCUT2D eigenvalue weighted by Gasteiger charge is -2.28. The molecule has 0 aromatic heterocycles. The van der Waals surface area contributed by atoms with Crippen molar-refractivity contribution in [3.63, 3.8) is 0 Å². The number of nitrogens with zero attached hydrogens (tertiary/aromatic N) is 1. The number of aldehydes is 1. The molecule has 0 spiro atoms. The summed E-state index contributed by atoms with van der Waals surface area (Å²) in [6, 6.07) is 1.73. The van der Waals surface area contributed by atoms with Gasteiger partial charge in [-0.1, -0.05) is 32.0 Å². The SMILES string of the molecule is C=C(O)CC(C=O)NC(=O)[C@@H]1CCCN1C(=O)[C@H](C)NC(=O)c1ccc(NC(=O)CC(C)C)c(Cl)c1. The monoisotopic (exact) mass is 520 g/mol. The first-order valence-electron chi connectivity index (χ1n) is 11.8. The number of carbonyl (C=O) groups excluding carboxylic acids is 5. The molecular formula is C25H33ClN4O6. The second kappa shape index (κ2) is 13.1. The van der Waals surface area contributed by atoms with E-state index in [1.54, 1.807) is 0 Å². The van der Waals surface area contributed by atoms with Crippen LogP contribution in [0.1, 0.15) is 56.8 Å². The third kappa shape index (κ3) is 8.08. The smallest absolute Gasteiger partial charge is 0.251 e. The van der Waals surface area contributed by atoms with E-state index in [2.05, 4.69) is 22.5 Å². The second-order valence-electron chi connectivity index (χ2n) is 9.25. The van der Waals surface area contributed by atoms with Gasteiger partial charge in [-0.2, -0.15) is 0 Å². The zero-order chi connectivity index (χ0) is 27.0. The molecule has 1 unspecified atom stereocenters. The molecular weight excluding hydrogens is 488 g/mol. The number of aliphatic hydroxyl groups is 1. The first kappa shape index (κ1) is 28.8. The van der Waals surface area contributed by atoms with Crippen molar-refractivity contribution in [2.45, 2.75) is 64.6 Å². The molecule has 36 heavy (non-hydrogen) atoms. The minimum Gasteiger partial charge on any atom is -0.513 e. The van der Waals surface area contributed by atoms with Crippen LogP contribution in [0, 0.1) is 5.92 Å². The average molecular weight is 521 g/mol. The van der Waals surface area contributed by atoms with E-state index < -0.39 is 35.8 Å². The number of nitrogens with one attached hydrogen (secondary N) is 3. The minimum atomic E-state index is -0.951. The summed E-state index contributed by atoms with van der Waals surface area (Å²) in [6.45, 7) is 8.99. The predicted molar refractivity (Wildman–Crippen MR) is 136 cm³/mol. The first-order valence-corrected chi connectivity index (χ1v) is 12.1. The zero-order valence-electron chi connectivity index (χ0n) is 20.7. The van der Waals surface area contributed by atoms with Crippen LogP contribution in [0.4, 0.5) is 5.69 Å². The zero-order valence-corrected chi connectivity index (χ0v) is 21.4. The van der Waals surface area contributed by atoms with E-state index in [0.29, 0.717) is 37.8 Å². The lowest BCUT2D eigenvalue weighted by atomic mass is 10.1. The van der Waals surface area contributed by atoms with Gasteiger partial charge in [0.2, 0.25) is 17.7 Å². The summed E-state index contributed by atoms with van der Waals surface area (Å²) in [7, 11) is 0. The molecule has 11 heteroatoms. The molecule has 1 aliphatic rings. The Kier molecular flexibility index (Phi) is 10.5. The van der Waals surface area contributed by atoms with Gasteiger partial charge in [0.25, 0.3) is 5.91 Å². The third-order valence-corrected chi connectivity index (χ3v) is 5.92. The molecule has 4 amide bonds. The highest BCUT2D eigenvalue weighted by molar-refractivity contribution is 6.34. The lowest BCUT2D eigenvalue weighted by molar-refractivity contribution is -0.140. The number of hydrogen-bond donors (Lipinski definition) is 4. The van der Waals surface area contributed by atoms with Gasteiger partial charge in [-0.3, -0.25) is 19.2 Å². The Morgan fingerprint density at radius 1 is 1.19 bits per heavy atom. The van der Waals surface area contributed by atoms with Gasteiger partial charge in [0.05, 0.1) is 22.5 Å². The van der Waals surface area contributed by atoms with E-state index >= 15 is 0 Å². The van der Waals surface area contributed by atoms with Gasteiger partial charge >= 0.3 is 0 Å². The van der Waals surface area contributed by atoms with Crippen molar-refractivity contribution in [3.05, 3.63) is 41.1 Å². The molecule has 1 saturated heterocycles. The fourth-order valence-electron chi connectivity index (χ4n) is 3.89. The van der Waals surface area contributed by atoms with Crippen molar-refractivity contribution in [1.82, 2.24) is 15.5 Å². The molecule has 1 aromatic rings. The Labute approximate surface area is 215 Å². The van der Waals surface area contributed by atoms with Crippen molar-refractivity contribution in [3.8, 4) is 0 Å². The van der Waals surface area contributed by atoms with Crippen molar-refractivity contribution < 1.29 is 29.1 Å². The molecule has 1 fully saturated rings. The van der Waals surface area contributed by atoms with Crippen molar-refractivity contribution >= 4 is 47.2 Å². The molecule has 1 aliphatic heterocycles. The van der Waals surface area contributed by atoms with Gasteiger partial charge in [-0.05, 0) is 43.9 Å². The van der Waals surface area contributed by atoms with Crippen LogP contribution in [0.15, 0.2) is 30.5 Å². The Morgan fingerprint density at radius 3 is 2.47 bits per heavy atom. The fraction of sp³-hybridized carbons (Fsp3) is 0.480. The standard InChI is InChI=1S/C25H33ClN4O6/c1-14(2)10-22(33)29-20-8-7-17(12-19(20)26)23(34)27-16(4)25(36)30-9-5-6-21(30)24(35)28-18(13-31)11-15(3)32/h7-8,12-14,16,18,21,32H,3,5-6,9-11H2,1-2,4H3,(H,27,34)(H,28,35)(H,29,33)/t16-,18?,21-/m0/s1. The fourth-order valence-corrected chi connectivity index (χ4v) is 4.12. The molecule has 1 aromatic carbocycles. The van der Waals surface area contributed by atoms with Gasteiger partial charge in [0, 0.05) is 24.9 Å². The molecule has 10 nitrogen and oxygen atoms in total. The maximum absolute atomic E-state index is 13.0. The molecule has 4 N–H and O–H groups in total. The molecule has 1 heterocycles. The first-order chi connectivity index (χ1) is 16.9. The van der Waals surface area contributed by atoms with Crippen molar-refractivity contribution in [2.24, 2.45) is 5.92 Å². The Balaban J connectivity index is 2.01. The van der Waals surface area contributed by atoms with Gasteiger partial charge in [0.1, 0.15) is 18.4 Å². The highest BCUT2D eigenvalue weighted by atomic mass is 35.5. The molecule has 2 rings (SSSR count). The third-order valence-electron chi connectivity index (χ3n) is 5.60. The summed E-state index contributed by atoms with van der Waals surface area (Å²) in [5.74, 6) is -1.75. The largest absolute Gasteiger partial charge is 0.513 e. The highest BCUT2D eigenvalue weighted by Crippen LogP contribution is 2.24. The topological polar surface area (TPSA) is 145 Å². The molecule has 0 aliphatic carbocycles. The maximum Gasteiger partial charge on any atom is 0.251 e. The van der Waals surface area contributed by atoms with Gasteiger partial charge in [0.15, 0.2) is 0 Å². The Hall–Kier alpha value is -3.40. The number of benzene rings is 1. The normalized spacial score (nSPS) is 16.7. The minimum absolute atomic E-state index is 0.120. The van der Waals surface area contributed by atoms with E-state index in [1.165, 1.54) is 30.0 Å². The van der Waals surface area contributed by atoms with Crippen LogP contribution in [0.25, 0.3) is 0 Å². The number of likely N-dealkylation sites (tertiary alicyclic amines) is 1. The summed E-state index contributed by atoms with van der Waals surface area (Å²) >= 11 is 6.24. The number of carbonyl (C=O) groups is 5.